The lowest BCUT2D eigenvalue weighted by Crippen LogP contribution is -2.33. The van der Waals surface area contributed by atoms with Crippen molar-refractivity contribution >= 4 is 34.5 Å². The molecule has 0 spiro atoms. The van der Waals surface area contributed by atoms with Crippen LogP contribution in [0.2, 0.25) is 5.02 Å². The van der Waals surface area contributed by atoms with Crippen molar-refractivity contribution in [1.29, 1.82) is 5.41 Å². The third-order valence-electron chi connectivity index (χ3n) is 7.69. The highest BCUT2D eigenvalue weighted by atomic mass is 35.5. The summed E-state index contributed by atoms with van der Waals surface area (Å²) in [6.07, 6.45) is 5.17. The van der Waals surface area contributed by atoms with Gasteiger partial charge in [-0.15, -0.1) is 0 Å². The van der Waals surface area contributed by atoms with Crippen LogP contribution < -0.4 is 15.6 Å². The molecule has 2 aromatic carbocycles. The third kappa shape index (κ3) is 5.91. The number of likely N-dealkylation sites (tertiary alicyclic amines) is 1. The second kappa shape index (κ2) is 12.2. The number of benzene rings is 2. The zero-order chi connectivity index (χ0) is 28.2. The number of imidazole rings is 1. The van der Waals surface area contributed by atoms with E-state index in [-0.39, 0.29) is 12.1 Å². The Labute approximate surface area is 238 Å². The molecule has 0 aliphatic carbocycles. The molecule has 9 nitrogen and oxygen atoms in total. The molecule has 3 heterocycles. The van der Waals surface area contributed by atoms with Crippen molar-refractivity contribution < 1.29 is 9.84 Å². The van der Waals surface area contributed by atoms with Gasteiger partial charge in [-0.3, -0.25) is 4.79 Å². The third-order valence-corrected chi connectivity index (χ3v) is 7.99. The largest absolute Gasteiger partial charge is 0.495 e. The summed E-state index contributed by atoms with van der Waals surface area (Å²) in [5.74, 6) is 1.48. The quantitative estimate of drug-likeness (QED) is 0.168. The van der Waals surface area contributed by atoms with Crippen molar-refractivity contribution in [3.05, 3.63) is 74.7 Å². The summed E-state index contributed by atoms with van der Waals surface area (Å²) < 4.78 is 5.19. The number of halogens is 1. The lowest BCUT2D eigenvalue weighted by atomic mass is 9.88. The number of aryl methyl sites for hydroxylation is 1. The Bertz CT molecular complexity index is 1560. The van der Waals surface area contributed by atoms with Gasteiger partial charge < -0.3 is 35.4 Å². The molecule has 1 fully saturated rings. The van der Waals surface area contributed by atoms with E-state index in [1.54, 1.807) is 37.6 Å². The van der Waals surface area contributed by atoms with Crippen LogP contribution >= 0.6 is 11.6 Å². The molecule has 5 N–H and O–H groups in total. The molecule has 210 valence electrons. The Morgan fingerprint density at radius 1 is 1.27 bits per heavy atom. The number of H-pyrrole nitrogens is 2. The molecule has 2 aromatic heterocycles. The van der Waals surface area contributed by atoms with Crippen molar-refractivity contribution in [2.24, 2.45) is 0 Å². The maximum Gasteiger partial charge on any atom is 0.261 e. The number of aliphatic hydroxyl groups is 1. The summed E-state index contributed by atoms with van der Waals surface area (Å²) in [6.45, 7) is 5.24. The van der Waals surface area contributed by atoms with Gasteiger partial charge in [-0.2, -0.15) is 0 Å². The highest BCUT2D eigenvalue weighted by Gasteiger charge is 2.22. The predicted molar refractivity (Wildman–Crippen MR) is 160 cm³/mol. The van der Waals surface area contributed by atoms with E-state index in [4.69, 9.17) is 26.7 Å². The second-order valence-corrected chi connectivity index (χ2v) is 10.7. The zero-order valence-electron chi connectivity index (χ0n) is 22.8. The van der Waals surface area contributed by atoms with Crippen molar-refractivity contribution in [3.63, 3.8) is 0 Å². The number of rotatable bonds is 10. The molecule has 1 saturated heterocycles. The smallest absolute Gasteiger partial charge is 0.261 e. The molecular formula is C30H35ClN6O3. The average Bonchev–Trinajstić information content (AvgIpc) is 3.39. The normalized spacial score (nSPS) is 15.3. The van der Waals surface area contributed by atoms with Crippen molar-refractivity contribution in [2.75, 3.05) is 38.6 Å². The molecule has 0 bridgehead atoms. The van der Waals surface area contributed by atoms with Gasteiger partial charge in [0.1, 0.15) is 17.1 Å². The van der Waals surface area contributed by atoms with Crippen LogP contribution in [0.15, 0.2) is 47.4 Å². The minimum Gasteiger partial charge on any atom is -0.495 e. The fourth-order valence-electron chi connectivity index (χ4n) is 5.48. The number of aliphatic hydroxyl groups excluding tert-OH is 1. The van der Waals surface area contributed by atoms with Crippen LogP contribution in [-0.2, 0) is 0 Å². The number of pyridine rings is 1. The highest BCUT2D eigenvalue weighted by Crippen LogP contribution is 2.33. The molecule has 0 unspecified atom stereocenters. The van der Waals surface area contributed by atoms with Gasteiger partial charge in [0, 0.05) is 19.3 Å². The lowest BCUT2D eigenvalue weighted by Gasteiger charge is -2.32. The van der Waals surface area contributed by atoms with Gasteiger partial charge in [-0.05, 0) is 92.4 Å². The van der Waals surface area contributed by atoms with Crippen molar-refractivity contribution in [2.45, 2.75) is 38.2 Å². The maximum absolute atomic E-state index is 13.0. The Morgan fingerprint density at radius 2 is 2.08 bits per heavy atom. The van der Waals surface area contributed by atoms with Gasteiger partial charge in [0.2, 0.25) is 0 Å². The van der Waals surface area contributed by atoms with Gasteiger partial charge >= 0.3 is 0 Å². The number of nitrogens with one attached hydrogen (secondary N) is 4. The molecule has 1 aliphatic rings. The first-order chi connectivity index (χ1) is 19.4. The van der Waals surface area contributed by atoms with Crippen LogP contribution in [0.4, 0.5) is 5.69 Å². The van der Waals surface area contributed by atoms with Gasteiger partial charge in [0.05, 0.1) is 35.0 Å². The first-order valence-electron chi connectivity index (χ1n) is 13.6. The summed E-state index contributed by atoms with van der Waals surface area (Å²) in [5.41, 5.74) is 5.40. The fraction of sp³-hybridized carbons (Fsp3) is 0.367. The number of hydrogen-bond acceptors (Lipinski definition) is 7. The molecule has 4 aromatic rings. The Balaban J connectivity index is 1.37. The SMILES string of the molecule is COc1ccc([C@H](O)CNc2cc[nH]c(=O)c2-c2nc3c(C)cc(C4CCN(CCC=N)CC4)cc3[nH]2)cc1Cl. The van der Waals surface area contributed by atoms with Gasteiger partial charge in [-0.25, -0.2) is 4.98 Å². The van der Waals surface area contributed by atoms with Crippen molar-refractivity contribution in [3.8, 4) is 17.1 Å². The van der Waals surface area contributed by atoms with E-state index >= 15 is 0 Å². The lowest BCUT2D eigenvalue weighted by molar-refractivity contribution is 0.191. The minimum atomic E-state index is -0.854. The van der Waals surface area contributed by atoms with Crippen LogP contribution in [-0.4, -0.2) is 64.5 Å². The minimum absolute atomic E-state index is 0.168. The topological polar surface area (TPSA) is 130 Å². The van der Waals surface area contributed by atoms with Crippen LogP contribution in [0.25, 0.3) is 22.4 Å². The van der Waals surface area contributed by atoms with Crippen LogP contribution in [0.3, 0.4) is 0 Å². The molecule has 40 heavy (non-hydrogen) atoms. The van der Waals surface area contributed by atoms with Crippen LogP contribution in [0.5, 0.6) is 5.75 Å². The number of fused-ring (bicyclic) bond motifs is 1. The molecule has 5 rings (SSSR count). The Hall–Kier alpha value is -3.66. The van der Waals surface area contributed by atoms with E-state index in [1.807, 2.05) is 0 Å². The summed E-state index contributed by atoms with van der Waals surface area (Å²) >= 11 is 6.23. The molecule has 0 amide bonds. The predicted octanol–water partition coefficient (Wildman–Crippen LogP) is 5.25. The fourth-order valence-corrected chi connectivity index (χ4v) is 5.75. The van der Waals surface area contributed by atoms with E-state index < -0.39 is 6.10 Å². The number of nitrogens with zero attached hydrogens (tertiary/aromatic N) is 2. The maximum atomic E-state index is 13.0. The number of aromatic nitrogens is 3. The van der Waals surface area contributed by atoms with Crippen molar-refractivity contribution in [1.82, 2.24) is 19.9 Å². The van der Waals surface area contributed by atoms with Crippen LogP contribution in [0, 0.1) is 12.3 Å². The van der Waals surface area contributed by atoms with E-state index in [2.05, 4.69) is 39.2 Å². The summed E-state index contributed by atoms with van der Waals surface area (Å²) in [5, 5.41) is 21.7. The number of methoxy groups -OCH3 is 1. The first kappa shape index (κ1) is 27.9. The molecule has 0 radical (unpaired) electrons. The Morgan fingerprint density at radius 3 is 2.80 bits per heavy atom. The van der Waals surface area contributed by atoms with E-state index in [9.17, 15) is 9.90 Å². The van der Waals surface area contributed by atoms with Crippen LogP contribution in [0.1, 0.15) is 48.0 Å². The summed E-state index contributed by atoms with van der Waals surface area (Å²) in [6, 6.07) is 11.3. The zero-order valence-corrected chi connectivity index (χ0v) is 23.5. The Kier molecular flexibility index (Phi) is 8.54. The number of anilines is 1. The van der Waals surface area contributed by atoms with E-state index in [1.165, 1.54) is 11.8 Å². The van der Waals surface area contributed by atoms with Gasteiger partial charge in [0.15, 0.2) is 0 Å². The summed E-state index contributed by atoms with van der Waals surface area (Å²) in [7, 11) is 1.54. The van der Waals surface area contributed by atoms with Gasteiger partial charge in [0.25, 0.3) is 5.56 Å². The molecule has 0 saturated carbocycles. The number of aromatic amines is 2. The standard InChI is InChI=1S/C30H35ClN6O3/c1-18-14-21(19-7-12-37(13-8-19)11-3-9-32)16-24-28(18)36-29(35-24)27-23(6-10-33-30(27)39)34-17-25(38)20-4-5-26(40-2)22(31)15-20/h4-6,9-10,14-16,19,25,32,38H,3,7-8,11-13,17H2,1-2H3,(H,35,36)(H2,33,34,39)/t25-/m1/s1. The first-order valence-corrected chi connectivity index (χ1v) is 13.9. The van der Waals surface area contributed by atoms with Gasteiger partial charge in [-0.1, -0.05) is 23.7 Å². The average molecular weight is 563 g/mol. The second-order valence-electron chi connectivity index (χ2n) is 10.3. The summed E-state index contributed by atoms with van der Waals surface area (Å²) in [4.78, 5) is 26.4. The number of piperidine rings is 1. The number of ether oxygens (including phenoxy) is 1. The highest BCUT2D eigenvalue weighted by molar-refractivity contribution is 6.32. The molecular weight excluding hydrogens is 528 g/mol. The van der Waals surface area contributed by atoms with E-state index in [0.29, 0.717) is 39.3 Å². The number of hydrogen-bond donors (Lipinski definition) is 5. The molecule has 10 heteroatoms. The monoisotopic (exact) mass is 562 g/mol. The van der Waals surface area contributed by atoms with E-state index in [0.717, 1.165) is 55.5 Å². The molecule has 1 aliphatic heterocycles. The molecule has 1 atom stereocenters.